The Morgan fingerprint density at radius 2 is 2.17 bits per heavy atom. The Balaban J connectivity index is 2.23. The highest BCUT2D eigenvalue weighted by Crippen LogP contribution is 2.29. The van der Waals surface area contributed by atoms with Gasteiger partial charge in [-0.15, -0.1) is 0 Å². The molecule has 96 valence electrons. The molecule has 1 heterocycles. The second kappa shape index (κ2) is 6.04. The van der Waals surface area contributed by atoms with Gasteiger partial charge >= 0.3 is 0 Å². The van der Waals surface area contributed by atoms with Crippen LogP contribution in [0.5, 0.6) is 5.75 Å². The third-order valence-electron chi connectivity index (χ3n) is 2.84. The summed E-state index contributed by atoms with van der Waals surface area (Å²) >= 11 is 3.36. The van der Waals surface area contributed by atoms with Crippen molar-refractivity contribution in [2.45, 2.75) is 12.5 Å². The molecule has 1 aromatic carbocycles. The van der Waals surface area contributed by atoms with Gasteiger partial charge in [0, 0.05) is 5.56 Å². The van der Waals surface area contributed by atoms with Crippen LogP contribution in [0.1, 0.15) is 17.2 Å². The molecule has 3 N–H and O–H groups in total. The Hall–Kier alpha value is -1.30. The van der Waals surface area contributed by atoms with Crippen LogP contribution in [0.4, 0.5) is 0 Å². The number of halogens is 1. The number of benzene rings is 1. The number of hydrazine groups is 1. The Bertz CT molecular complexity index is 513. The SMILES string of the molecule is COc1ccccc1CC(NN)c1ccoc1Br. The first kappa shape index (κ1) is 13.1. The second-order valence-electron chi connectivity index (χ2n) is 3.88. The van der Waals surface area contributed by atoms with Crippen molar-refractivity contribution >= 4 is 15.9 Å². The maximum atomic E-state index is 5.62. The van der Waals surface area contributed by atoms with Gasteiger partial charge in [0.1, 0.15) is 5.75 Å². The first-order valence-corrected chi connectivity index (χ1v) is 6.36. The minimum atomic E-state index is -0.0329. The van der Waals surface area contributed by atoms with E-state index in [0.29, 0.717) is 4.67 Å². The predicted molar refractivity (Wildman–Crippen MR) is 73.2 cm³/mol. The standard InChI is InChI=1S/C13H15BrN2O2/c1-17-12-5-3-2-4-9(12)8-11(16-15)10-6-7-18-13(10)14/h2-7,11,16H,8,15H2,1H3. The molecule has 5 heteroatoms. The van der Waals surface area contributed by atoms with Crippen LogP contribution in [-0.2, 0) is 6.42 Å². The van der Waals surface area contributed by atoms with Crippen molar-refractivity contribution < 1.29 is 9.15 Å². The Labute approximate surface area is 114 Å². The van der Waals surface area contributed by atoms with E-state index >= 15 is 0 Å². The highest BCUT2D eigenvalue weighted by Gasteiger charge is 2.17. The van der Waals surface area contributed by atoms with Crippen molar-refractivity contribution in [2.24, 2.45) is 5.84 Å². The summed E-state index contributed by atoms with van der Waals surface area (Å²) in [6.45, 7) is 0. The van der Waals surface area contributed by atoms with Gasteiger partial charge in [-0.3, -0.25) is 11.3 Å². The summed E-state index contributed by atoms with van der Waals surface area (Å²) in [6.07, 6.45) is 2.35. The fraction of sp³-hybridized carbons (Fsp3) is 0.231. The zero-order chi connectivity index (χ0) is 13.0. The molecule has 1 unspecified atom stereocenters. The maximum absolute atomic E-state index is 5.62. The van der Waals surface area contributed by atoms with Crippen LogP contribution >= 0.6 is 15.9 Å². The molecule has 0 amide bonds. The van der Waals surface area contributed by atoms with Gasteiger partial charge in [0.25, 0.3) is 0 Å². The predicted octanol–water partition coefficient (Wildman–Crippen LogP) is 2.80. The molecule has 2 aromatic rings. The molecular weight excluding hydrogens is 296 g/mol. The average Bonchev–Trinajstić information content (AvgIpc) is 2.82. The summed E-state index contributed by atoms with van der Waals surface area (Å²) in [6, 6.07) is 9.75. The van der Waals surface area contributed by atoms with Crippen LogP contribution in [0.15, 0.2) is 45.7 Å². The molecule has 1 atom stereocenters. The molecule has 0 aliphatic rings. The number of hydrogen-bond donors (Lipinski definition) is 2. The maximum Gasteiger partial charge on any atom is 0.173 e. The molecule has 18 heavy (non-hydrogen) atoms. The van der Waals surface area contributed by atoms with E-state index < -0.39 is 0 Å². The highest BCUT2D eigenvalue weighted by atomic mass is 79.9. The van der Waals surface area contributed by atoms with Crippen molar-refractivity contribution in [3.63, 3.8) is 0 Å². The smallest absolute Gasteiger partial charge is 0.173 e. The largest absolute Gasteiger partial charge is 0.496 e. The van der Waals surface area contributed by atoms with Crippen molar-refractivity contribution in [2.75, 3.05) is 7.11 Å². The van der Waals surface area contributed by atoms with Crippen molar-refractivity contribution in [1.82, 2.24) is 5.43 Å². The summed E-state index contributed by atoms with van der Waals surface area (Å²) in [5.41, 5.74) is 4.88. The third-order valence-corrected chi connectivity index (χ3v) is 3.48. The molecule has 0 radical (unpaired) electrons. The number of nitrogens with two attached hydrogens (primary N) is 1. The number of nitrogens with one attached hydrogen (secondary N) is 1. The van der Waals surface area contributed by atoms with Crippen molar-refractivity contribution in [3.8, 4) is 5.75 Å². The van der Waals surface area contributed by atoms with Crippen LogP contribution in [0.3, 0.4) is 0 Å². The van der Waals surface area contributed by atoms with Gasteiger partial charge in [-0.25, -0.2) is 0 Å². The number of hydrogen-bond acceptors (Lipinski definition) is 4. The molecule has 0 fully saturated rings. The van der Waals surface area contributed by atoms with E-state index in [9.17, 15) is 0 Å². The summed E-state index contributed by atoms with van der Waals surface area (Å²) in [5.74, 6) is 6.48. The van der Waals surface area contributed by atoms with Crippen molar-refractivity contribution in [3.05, 3.63) is 52.4 Å². The van der Waals surface area contributed by atoms with Gasteiger partial charge < -0.3 is 9.15 Å². The lowest BCUT2D eigenvalue weighted by atomic mass is 10.0. The summed E-state index contributed by atoms with van der Waals surface area (Å²) in [4.78, 5) is 0. The first-order chi connectivity index (χ1) is 8.76. The molecule has 0 aliphatic carbocycles. The van der Waals surface area contributed by atoms with E-state index in [0.717, 1.165) is 23.3 Å². The lowest BCUT2D eigenvalue weighted by Gasteiger charge is -2.16. The van der Waals surface area contributed by atoms with Gasteiger partial charge in [-0.05, 0) is 40.0 Å². The number of methoxy groups -OCH3 is 1. The Morgan fingerprint density at radius 3 is 2.78 bits per heavy atom. The third kappa shape index (κ3) is 2.75. The molecule has 1 aromatic heterocycles. The van der Waals surface area contributed by atoms with Gasteiger partial charge in [-0.2, -0.15) is 0 Å². The molecule has 0 saturated carbocycles. The lowest BCUT2D eigenvalue weighted by molar-refractivity contribution is 0.405. The quantitative estimate of drug-likeness (QED) is 0.658. The van der Waals surface area contributed by atoms with Crippen LogP contribution in [0.2, 0.25) is 0 Å². The van der Waals surface area contributed by atoms with E-state index in [-0.39, 0.29) is 6.04 Å². The van der Waals surface area contributed by atoms with Crippen LogP contribution in [0, 0.1) is 0 Å². The Kier molecular flexibility index (Phi) is 4.41. The van der Waals surface area contributed by atoms with Gasteiger partial charge in [0.05, 0.1) is 19.4 Å². The van der Waals surface area contributed by atoms with Crippen LogP contribution in [0.25, 0.3) is 0 Å². The first-order valence-electron chi connectivity index (χ1n) is 5.57. The van der Waals surface area contributed by atoms with Gasteiger partial charge in [0.2, 0.25) is 0 Å². The average molecular weight is 311 g/mol. The van der Waals surface area contributed by atoms with Gasteiger partial charge in [0.15, 0.2) is 4.67 Å². The molecule has 0 aliphatic heterocycles. The second-order valence-corrected chi connectivity index (χ2v) is 4.61. The molecule has 2 rings (SSSR count). The molecule has 0 saturated heterocycles. The van der Waals surface area contributed by atoms with Crippen LogP contribution in [-0.4, -0.2) is 7.11 Å². The van der Waals surface area contributed by atoms with Crippen molar-refractivity contribution in [1.29, 1.82) is 0 Å². The fourth-order valence-corrected chi connectivity index (χ4v) is 2.42. The van der Waals surface area contributed by atoms with E-state index in [2.05, 4.69) is 21.4 Å². The minimum Gasteiger partial charge on any atom is -0.496 e. The van der Waals surface area contributed by atoms with Crippen LogP contribution < -0.4 is 16.0 Å². The van der Waals surface area contributed by atoms with E-state index in [4.69, 9.17) is 15.0 Å². The van der Waals surface area contributed by atoms with Gasteiger partial charge in [-0.1, -0.05) is 18.2 Å². The number of furan rings is 1. The molecular formula is C13H15BrN2O2. The van der Waals surface area contributed by atoms with E-state index in [1.165, 1.54) is 0 Å². The lowest BCUT2D eigenvalue weighted by Crippen LogP contribution is -2.29. The summed E-state index contributed by atoms with van der Waals surface area (Å²) in [7, 11) is 1.66. The zero-order valence-electron chi connectivity index (χ0n) is 10.0. The molecule has 0 spiro atoms. The molecule has 4 nitrogen and oxygen atoms in total. The normalized spacial score (nSPS) is 12.4. The topological polar surface area (TPSA) is 60.4 Å². The highest BCUT2D eigenvalue weighted by molar-refractivity contribution is 9.10. The van der Waals surface area contributed by atoms with E-state index in [1.54, 1.807) is 13.4 Å². The summed E-state index contributed by atoms with van der Waals surface area (Å²) in [5, 5.41) is 0. The zero-order valence-corrected chi connectivity index (χ0v) is 11.6. The Morgan fingerprint density at radius 1 is 1.39 bits per heavy atom. The monoisotopic (exact) mass is 310 g/mol. The fourth-order valence-electron chi connectivity index (χ4n) is 1.90. The van der Waals surface area contributed by atoms with E-state index in [1.807, 2.05) is 30.3 Å². The number of rotatable bonds is 5. The minimum absolute atomic E-state index is 0.0329. The molecule has 0 bridgehead atoms. The number of ether oxygens (including phenoxy) is 1. The summed E-state index contributed by atoms with van der Waals surface area (Å²) < 4.78 is 11.3. The number of para-hydroxylation sites is 1.